The maximum absolute atomic E-state index is 12.6. The summed E-state index contributed by atoms with van der Waals surface area (Å²) in [7, 11) is 2.09. The zero-order valence-electron chi connectivity index (χ0n) is 21.1. The summed E-state index contributed by atoms with van der Waals surface area (Å²) in [6.07, 6.45) is 2.33. The summed E-state index contributed by atoms with van der Waals surface area (Å²) >= 11 is 0. The molecule has 3 aromatic rings. The lowest BCUT2D eigenvalue weighted by molar-refractivity contribution is -0.115. The lowest BCUT2D eigenvalue weighted by Gasteiger charge is -2.22. The third-order valence-electron chi connectivity index (χ3n) is 6.21. The minimum atomic E-state index is -0.0321. The number of amides is 1. The molecular weight excluding hydrogens is 426 g/mol. The standard InChI is InChI=1S/C28H37N3O3/c1-20(32)31(22-8-11-25(12-9-22)34-18-26-7-6-14-33-26)23-10-13-27-21(15-23)16-24(30(27)5)17-29-19-28(2,3)4/h8-13,15-16,26,29H,6-7,14,17-19H2,1-5H3/t26-/m0/s1. The van der Waals surface area contributed by atoms with Crippen molar-refractivity contribution in [2.75, 3.05) is 24.7 Å². The van der Waals surface area contributed by atoms with Crippen LogP contribution >= 0.6 is 0 Å². The Morgan fingerprint density at radius 1 is 1.15 bits per heavy atom. The number of carbonyl (C=O) groups excluding carboxylic acids is 1. The molecule has 1 atom stereocenters. The molecule has 0 saturated carbocycles. The van der Waals surface area contributed by atoms with E-state index in [1.54, 1.807) is 11.8 Å². The van der Waals surface area contributed by atoms with Crippen molar-refractivity contribution in [3.8, 4) is 5.75 Å². The Kier molecular flexibility index (Phi) is 7.29. The normalized spacial score (nSPS) is 16.2. The highest BCUT2D eigenvalue weighted by molar-refractivity contribution is 6.01. The van der Waals surface area contributed by atoms with Crippen molar-refractivity contribution in [2.45, 2.75) is 53.2 Å². The maximum Gasteiger partial charge on any atom is 0.228 e. The highest BCUT2D eigenvalue weighted by Crippen LogP contribution is 2.31. The number of carbonyl (C=O) groups is 1. The average molecular weight is 464 g/mol. The van der Waals surface area contributed by atoms with Crippen LogP contribution in [0.1, 0.15) is 46.2 Å². The second-order valence-corrected chi connectivity index (χ2v) is 10.4. The molecule has 0 unspecified atom stereocenters. The van der Waals surface area contributed by atoms with Gasteiger partial charge in [-0.1, -0.05) is 20.8 Å². The molecule has 0 spiro atoms. The minimum absolute atomic E-state index is 0.0321. The minimum Gasteiger partial charge on any atom is -0.491 e. The van der Waals surface area contributed by atoms with E-state index in [4.69, 9.17) is 9.47 Å². The van der Waals surface area contributed by atoms with Gasteiger partial charge in [-0.3, -0.25) is 9.69 Å². The van der Waals surface area contributed by atoms with Crippen LogP contribution in [0.3, 0.4) is 0 Å². The second-order valence-electron chi connectivity index (χ2n) is 10.4. The number of hydrogen-bond donors (Lipinski definition) is 1. The third-order valence-corrected chi connectivity index (χ3v) is 6.21. The van der Waals surface area contributed by atoms with Crippen LogP contribution in [0.15, 0.2) is 48.5 Å². The molecule has 0 aliphatic carbocycles. The summed E-state index contributed by atoms with van der Waals surface area (Å²) in [6.45, 7) is 11.4. The molecule has 4 rings (SSSR count). The Morgan fingerprint density at radius 2 is 1.88 bits per heavy atom. The smallest absolute Gasteiger partial charge is 0.228 e. The van der Waals surface area contributed by atoms with Crippen LogP contribution in [0.5, 0.6) is 5.75 Å². The van der Waals surface area contributed by atoms with E-state index in [1.165, 1.54) is 5.69 Å². The molecule has 1 N–H and O–H groups in total. The first-order chi connectivity index (χ1) is 16.2. The van der Waals surface area contributed by atoms with Gasteiger partial charge in [0.1, 0.15) is 12.4 Å². The molecule has 1 aliphatic rings. The summed E-state index contributed by atoms with van der Waals surface area (Å²) in [4.78, 5) is 14.4. The summed E-state index contributed by atoms with van der Waals surface area (Å²) in [5.41, 5.74) is 4.29. The van der Waals surface area contributed by atoms with Crippen molar-refractivity contribution in [2.24, 2.45) is 12.5 Å². The van der Waals surface area contributed by atoms with Crippen LogP contribution in [0.4, 0.5) is 11.4 Å². The molecule has 2 heterocycles. The Bertz CT molecular complexity index is 1120. The number of aryl methyl sites for hydroxylation is 1. The number of rotatable bonds is 8. The largest absolute Gasteiger partial charge is 0.491 e. The summed E-state index contributed by atoms with van der Waals surface area (Å²) in [5, 5.41) is 4.67. The van der Waals surface area contributed by atoms with Crippen LogP contribution < -0.4 is 15.0 Å². The first-order valence-electron chi connectivity index (χ1n) is 12.2. The lowest BCUT2D eigenvalue weighted by Crippen LogP contribution is -2.27. The number of aromatic nitrogens is 1. The van der Waals surface area contributed by atoms with Crippen molar-refractivity contribution >= 4 is 28.2 Å². The second kappa shape index (κ2) is 10.2. The SMILES string of the molecule is CC(=O)N(c1ccc(OC[C@@H]2CCCO2)cc1)c1ccc2c(c1)cc(CNCC(C)(C)C)n2C. The first-order valence-corrected chi connectivity index (χ1v) is 12.2. The van der Waals surface area contributed by atoms with Gasteiger partial charge in [0.05, 0.1) is 6.10 Å². The highest BCUT2D eigenvalue weighted by Gasteiger charge is 2.18. The molecule has 1 aliphatic heterocycles. The number of nitrogens with one attached hydrogen (secondary N) is 1. The third kappa shape index (κ3) is 5.80. The Labute approximate surface area is 202 Å². The van der Waals surface area contributed by atoms with Crippen LogP contribution in [0.2, 0.25) is 0 Å². The molecule has 1 saturated heterocycles. The number of ether oxygens (including phenoxy) is 2. The van der Waals surface area contributed by atoms with Gasteiger partial charge in [0.2, 0.25) is 5.91 Å². The van der Waals surface area contributed by atoms with E-state index in [0.717, 1.165) is 60.6 Å². The van der Waals surface area contributed by atoms with Crippen LogP contribution in [-0.2, 0) is 23.1 Å². The molecule has 2 aromatic carbocycles. The van der Waals surface area contributed by atoms with Crippen molar-refractivity contribution in [3.63, 3.8) is 0 Å². The van der Waals surface area contributed by atoms with Gasteiger partial charge in [0.25, 0.3) is 0 Å². The Hall–Kier alpha value is -2.83. The molecule has 0 bridgehead atoms. The molecule has 0 radical (unpaired) electrons. The van der Waals surface area contributed by atoms with Gasteiger partial charge in [0, 0.05) is 61.6 Å². The fourth-order valence-electron chi connectivity index (χ4n) is 4.44. The topological polar surface area (TPSA) is 55.7 Å². The van der Waals surface area contributed by atoms with E-state index >= 15 is 0 Å². The molecule has 1 fully saturated rings. The Morgan fingerprint density at radius 3 is 2.53 bits per heavy atom. The van der Waals surface area contributed by atoms with E-state index in [2.05, 4.69) is 55.9 Å². The van der Waals surface area contributed by atoms with Crippen LogP contribution in [0.25, 0.3) is 10.9 Å². The van der Waals surface area contributed by atoms with Crippen molar-refractivity contribution in [1.82, 2.24) is 9.88 Å². The summed E-state index contributed by atoms with van der Waals surface area (Å²) < 4.78 is 13.7. The summed E-state index contributed by atoms with van der Waals surface area (Å²) in [6, 6.07) is 16.1. The van der Waals surface area contributed by atoms with Crippen molar-refractivity contribution in [1.29, 1.82) is 0 Å². The van der Waals surface area contributed by atoms with Gasteiger partial charge in [-0.25, -0.2) is 0 Å². The van der Waals surface area contributed by atoms with Gasteiger partial charge < -0.3 is 19.4 Å². The van der Waals surface area contributed by atoms with E-state index in [1.807, 2.05) is 30.3 Å². The predicted molar refractivity (Wildman–Crippen MR) is 138 cm³/mol. The van der Waals surface area contributed by atoms with Gasteiger partial charge in [-0.05, 0) is 66.8 Å². The first kappa shape index (κ1) is 24.3. The fourth-order valence-corrected chi connectivity index (χ4v) is 4.44. The van der Waals surface area contributed by atoms with Gasteiger partial charge in [0.15, 0.2) is 0 Å². The molecule has 182 valence electrons. The monoisotopic (exact) mass is 463 g/mol. The average Bonchev–Trinajstić information content (AvgIpc) is 3.40. The quantitative estimate of drug-likeness (QED) is 0.475. The number of nitrogens with zero attached hydrogens (tertiary/aromatic N) is 2. The number of anilines is 2. The van der Waals surface area contributed by atoms with Gasteiger partial charge >= 0.3 is 0 Å². The number of fused-ring (bicyclic) bond motifs is 1. The zero-order valence-corrected chi connectivity index (χ0v) is 21.1. The lowest BCUT2D eigenvalue weighted by atomic mass is 9.97. The van der Waals surface area contributed by atoms with Crippen molar-refractivity contribution in [3.05, 3.63) is 54.2 Å². The van der Waals surface area contributed by atoms with E-state index < -0.39 is 0 Å². The van der Waals surface area contributed by atoms with Crippen LogP contribution in [0, 0.1) is 5.41 Å². The highest BCUT2D eigenvalue weighted by atomic mass is 16.5. The number of benzene rings is 2. The van der Waals surface area contributed by atoms with Gasteiger partial charge in [-0.2, -0.15) is 0 Å². The molecule has 6 nitrogen and oxygen atoms in total. The summed E-state index contributed by atoms with van der Waals surface area (Å²) in [5.74, 6) is 0.754. The molecular formula is C28H37N3O3. The molecule has 6 heteroatoms. The van der Waals surface area contributed by atoms with E-state index in [9.17, 15) is 4.79 Å². The molecule has 1 aromatic heterocycles. The number of hydrogen-bond acceptors (Lipinski definition) is 4. The van der Waals surface area contributed by atoms with Gasteiger partial charge in [-0.15, -0.1) is 0 Å². The molecule has 34 heavy (non-hydrogen) atoms. The fraction of sp³-hybridized carbons (Fsp3) is 0.464. The maximum atomic E-state index is 12.6. The van der Waals surface area contributed by atoms with Crippen molar-refractivity contribution < 1.29 is 14.3 Å². The predicted octanol–water partition coefficient (Wildman–Crippen LogP) is 5.56. The van der Waals surface area contributed by atoms with E-state index in [-0.39, 0.29) is 17.4 Å². The molecule has 1 amide bonds. The zero-order chi connectivity index (χ0) is 24.3. The van der Waals surface area contributed by atoms with E-state index in [0.29, 0.717) is 6.61 Å². The Balaban J connectivity index is 1.51. The van der Waals surface area contributed by atoms with Crippen LogP contribution in [-0.4, -0.2) is 36.3 Å².